The highest BCUT2D eigenvalue weighted by molar-refractivity contribution is 14.1. The zero-order valence-corrected chi connectivity index (χ0v) is 13.0. The van der Waals surface area contributed by atoms with Gasteiger partial charge in [0.05, 0.1) is 14.2 Å². The Kier molecular flexibility index (Phi) is 4.21. The number of hydrogen-bond donors (Lipinski definition) is 1. The molecule has 0 saturated heterocycles. The van der Waals surface area contributed by atoms with Gasteiger partial charge in [-0.15, -0.1) is 0 Å². The second-order valence-electron chi connectivity index (χ2n) is 4.31. The lowest BCUT2D eigenvalue weighted by atomic mass is 10.2. The van der Waals surface area contributed by atoms with E-state index < -0.39 is 10.7 Å². The van der Waals surface area contributed by atoms with Crippen molar-refractivity contribution in [3.8, 4) is 0 Å². The molecule has 0 spiro atoms. The van der Waals surface area contributed by atoms with Crippen LogP contribution < -0.4 is 5.32 Å². The SMILES string of the molecule is Cc1nn(C)cc1CNc1cc(F)c(I)cc1[N+](=O)[O-]. The molecule has 0 aliphatic rings. The highest BCUT2D eigenvalue weighted by Crippen LogP contribution is 2.29. The first-order valence-electron chi connectivity index (χ1n) is 5.75. The van der Waals surface area contributed by atoms with Gasteiger partial charge >= 0.3 is 0 Å². The van der Waals surface area contributed by atoms with Crippen molar-refractivity contribution >= 4 is 34.0 Å². The summed E-state index contributed by atoms with van der Waals surface area (Å²) in [6.07, 6.45) is 1.82. The van der Waals surface area contributed by atoms with E-state index in [1.807, 2.05) is 13.1 Å². The Morgan fingerprint density at radius 3 is 2.80 bits per heavy atom. The minimum Gasteiger partial charge on any atom is -0.375 e. The van der Waals surface area contributed by atoms with Gasteiger partial charge in [0.1, 0.15) is 11.5 Å². The van der Waals surface area contributed by atoms with Crippen LogP contribution in [0.25, 0.3) is 0 Å². The van der Waals surface area contributed by atoms with Gasteiger partial charge in [-0.2, -0.15) is 5.10 Å². The van der Waals surface area contributed by atoms with E-state index in [4.69, 9.17) is 0 Å². The van der Waals surface area contributed by atoms with Crippen LogP contribution in [0.5, 0.6) is 0 Å². The van der Waals surface area contributed by atoms with Crippen molar-refractivity contribution < 1.29 is 9.31 Å². The van der Waals surface area contributed by atoms with E-state index in [0.717, 1.165) is 17.3 Å². The fourth-order valence-corrected chi connectivity index (χ4v) is 2.29. The van der Waals surface area contributed by atoms with Gasteiger partial charge < -0.3 is 5.32 Å². The predicted molar refractivity (Wildman–Crippen MR) is 81.0 cm³/mol. The Balaban J connectivity index is 2.27. The zero-order chi connectivity index (χ0) is 14.9. The summed E-state index contributed by atoms with van der Waals surface area (Å²) in [5.41, 5.74) is 1.75. The Hall–Kier alpha value is -1.71. The smallest absolute Gasteiger partial charge is 0.293 e. The molecule has 0 amide bonds. The maximum Gasteiger partial charge on any atom is 0.293 e. The standard InChI is InChI=1S/C12H12FIN4O2/c1-7-8(6-17(2)16-7)5-15-11-3-9(13)10(14)4-12(11)18(19)20/h3-4,6,15H,5H2,1-2H3. The van der Waals surface area contributed by atoms with Crippen LogP contribution >= 0.6 is 22.6 Å². The second kappa shape index (κ2) is 5.73. The fraction of sp³-hybridized carbons (Fsp3) is 0.250. The number of benzene rings is 1. The molecular weight excluding hydrogens is 378 g/mol. The van der Waals surface area contributed by atoms with Crippen LogP contribution in [0.1, 0.15) is 11.3 Å². The van der Waals surface area contributed by atoms with Crippen molar-refractivity contribution in [1.29, 1.82) is 0 Å². The van der Waals surface area contributed by atoms with Crippen molar-refractivity contribution in [2.45, 2.75) is 13.5 Å². The van der Waals surface area contributed by atoms with E-state index >= 15 is 0 Å². The number of rotatable bonds is 4. The second-order valence-corrected chi connectivity index (χ2v) is 5.47. The molecule has 8 heteroatoms. The van der Waals surface area contributed by atoms with Gasteiger partial charge in [0.2, 0.25) is 0 Å². The summed E-state index contributed by atoms with van der Waals surface area (Å²) in [5, 5.41) is 18.1. The normalized spacial score (nSPS) is 10.6. The summed E-state index contributed by atoms with van der Waals surface area (Å²) in [5.74, 6) is -0.485. The van der Waals surface area contributed by atoms with Crippen LogP contribution in [0.2, 0.25) is 0 Å². The molecule has 0 bridgehead atoms. The van der Waals surface area contributed by atoms with Crippen molar-refractivity contribution in [2.75, 3.05) is 5.32 Å². The molecule has 1 heterocycles. The molecule has 0 saturated carbocycles. The number of nitro benzene ring substituents is 1. The Morgan fingerprint density at radius 1 is 1.55 bits per heavy atom. The number of nitro groups is 1. The van der Waals surface area contributed by atoms with Gasteiger partial charge in [-0.05, 0) is 29.5 Å². The van der Waals surface area contributed by atoms with E-state index in [1.54, 1.807) is 34.3 Å². The average molecular weight is 390 g/mol. The van der Waals surface area contributed by atoms with Crippen LogP contribution in [0.4, 0.5) is 15.8 Å². The average Bonchev–Trinajstić information content (AvgIpc) is 2.68. The summed E-state index contributed by atoms with van der Waals surface area (Å²) in [6, 6.07) is 2.36. The minimum absolute atomic E-state index is 0.141. The maximum absolute atomic E-state index is 13.5. The van der Waals surface area contributed by atoms with Crippen LogP contribution in [0.3, 0.4) is 0 Å². The molecule has 0 atom stereocenters. The number of aryl methyl sites for hydroxylation is 2. The van der Waals surface area contributed by atoms with E-state index in [-0.39, 0.29) is 14.9 Å². The number of halogens is 2. The lowest BCUT2D eigenvalue weighted by molar-refractivity contribution is -0.384. The van der Waals surface area contributed by atoms with Crippen molar-refractivity contribution in [2.24, 2.45) is 7.05 Å². The van der Waals surface area contributed by atoms with Gasteiger partial charge in [-0.3, -0.25) is 14.8 Å². The quantitative estimate of drug-likeness (QED) is 0.495. The molecule has 2 rings (SSSR count). The highest BCUT2D eigenvalue weighted by atomic mass is 127. The van der Waals surface area contributed by atoms with Crippen molar-refractivity contribution in [1.82, 2.24) is 9.78 Å². The Morgan fingerprint density at radius 2 is 2.25 bits per heavy atom. The lowest BCUT2D eigenvalue weighted by Crippen LogP contribution is -2.04. The third-order valence-electron chi connectivity index (χ3n) is 2.82. The molecule has 1 aromatic heterocycles. The monoisotopic (exact) mass is 390 g/mol. The fourth-order valence-electron chi connectivity index (χ4n) is 1.84. The van der Waals surface area contributed by atoms with Gasteiger partial charge in [-0.1, -0.05) is 0 Å². The number of anilines is 1. The van der Waals surface area contributed by atoms with Gasteiger partial charge in [0.25, 0.3) is 5.69 Å². The van der Waals surface area contributed by atoms with E-state index in [0.29, 0.717) is 6.54 Å². The molecule has 6 nitrogen and oxygen atoms in total. The molecule has 2 aromatic rings. The third kappa shape index (κ3) is 3.06. The van der Waals surface area contributed by atoms with Crippen LogP contribution in [-0.2, 0) is 13.6 Å². The van der Waals surface area contributed by atoms with E-state index in [1.165, 1.54) is 6.07 Å². The summed E-state index contributed by atoms with van der Waals surface area (Å²) in [4.78, 5) is 10.5. The van der Waals surface area contributed by atoms with Crippen LogP contribution in [-0.4, -0.2) is 14.7 Å². The molecule has 106 valence electrons. The lowest BCUT2D eigenvalue weighted by Gasteiger charge is -2.07. The summed E-state index contributed by atoms with van der Waals surface area (Å²) >= 11 is 1.73. The van der Waals surface area contributed by atoms with E-state index in [2.05, 4.69) is 10.4 Å². The molecule has 1 N–H and O–H groups in total. The molecule has 0 fully saturated rings. The first-order chi connectivity index (χ1) is 9.38. The predicted octanol–water partition coefficient (Wildman–Crippen LogP) is 2.99. The number of aromatic nitrogens is 2. The minimum atomic E-state index is -0.528. The zero-order valence-electron chi connectivity index (χ0n) is 10.9. The number of hydrogen-bond acceptors (Lipinski definition) is 4. The number of nitrogens with zero attached hydrogens (tertiary/aromatic N) is 3. The largest absolute Gasteiger partial charge is 0.375 e. The summed E-state index contributed by atoms with van der Waals surface area (Å²) in [7, 11) is 1.80. The van der Waals surface area contributed by atoms with Gasteiger partial charge in [0, 0.05) is 37.5 Å². The Bertz CT molecular complexity index is 672. The van der Waals surface area contributed by atoms with Gasteiger partial charge in [-0.25, -0.2) is 4.39 Å². The topological polar surface area (TPSA) is 73.0 Å². The van der Waals surface area contributed by atoms with Crippen LogP contribution in [0.15, 0.2) is 18.3 Å². The molecule has 0 aliphatic carbocycles. The highest BCUT2D eigenvalue weighted by Gasteiger charge is 2.17. The molecule has 1 aromatic carbocycles. The molecule has 0 unspecified atom stereocenters. The molecule has 0 radical (unpaired) electrons. The summed E-state index contributed by atoms with van der Waals surface area (Å²) in [6.45, 7) is 2.19. The van der Waals surface area contributed by atoms with Crippen molar-refractivity contribution in [3.05, 3.63) is 49.1 Å². The molecule has 0 aliphatic heterocycles. The number of nitrogens with one attached hydrogen (secondary N) is 1. The van der Waals surface area contributed by atoms with Crippen molar-refractivity contribution in [3.63, 3.8) is 0 Å². The molecular formula is C12H12FIN4O2. The molecule has 20 heavy (non-hydrogen) atoms. The van der Waals surface area contributed by atoms with Gasteiger partial charge in [0.15, 0.2) is 0 Å². The van der Waals surface area contributed by atoms with E-state index in [9.17, 15) is 14.5 Å². The van der Waals surface area contributed by atoms with Crippen LogP contribution in [0, 0.1) is 26.4 Å². The summed E-state index contributed by atoms with van der Waals surface area (Å²) < 4.78 is 15.4. The maximum atomic E-state index is 13.5. The Labute approximate surface area is 128 Å². The third-order valence-corrected chi connectivity index (χ3v) is 3.65. The first-order valence-corrected chi connectivity index (χ1v) is 6.82. The first kappa shape index (κ1) is 14.7.